The van der Waals surface area contributed by atoms with Gasteiger partial charge in [-0.3, -0.25) is 14.4 Å². The summed E-state index contributed by atoms with van der Waals surface area (Å²) in [5.74, 6) is 0.485. The van der Waals surface area contributed by atoms with Crippen LogP contribution in [0.15, 0.2) is 231 Å². The average Bonchev–Trinajstić information content (AvgIpc) is 1.62. The van der Waals surface area contributed by atoms with Crippen molar-refractivity contribution in [3.8, 4) is 39.5 Å². The number of hydrogen-bond acceptors (Lipinski definition) is 17. The summed E-state index contributed by atoms with van der Waals surface area (Å²) in [7, 11) is -0.537. The maximum absolute atomic E-state index is 11.9. The van der Waals surface area contributed by atoms with Crippen LogP contribution in [0.25, 0.3) is 55.2 Å². The van der Waals surface area contributed by atoms with Crippen LogP contribution in [-0.2, 0) is 72.2 Å². The number of benzene rings is 9. The van der Waals surface area contributed by atoms with E-state index in [1.165, 1.54) is 11.1 Å². The van der Waals surface area contributed by atoms with Crippen LogP contribution in [0.4, 0.5) is 0 Å². The minimum atomic E-state index is -0.887. The zero-order valence-electron chi connectivity index (χ0n) is 62.5. The molecule has 18 nitrogen and oxygen atoms in total. The summed E-state index contributed by atoms with van der Waals surface area (Å²) in [5, 5.41) is 12.1. The van der Waals surface area contributed by atoms with Gasteiger partial charge in [-0.1, -0.05) is 125 Å². The summed E-state index contributed by atoms with van der Waals surface area (Å²) in [6.07, 6.45) is 5.31. The molecule has 1 saturated heterocycles. The first kappa shape index (κ1) is 83.0. The molecule has 0 bridgehead atoms. The molecular formula is C86H92BBrLiN3O15. The summed E-state index contributed by atoms with van der Waals surface area (Å²) in [6.45, 7) is 21.4. The van der Waals surface area contributed by atoms with E-state index in [1.807, 2.05) is 194 Å². The predicted octanol–water partition coefficient (Wildman–Crippen LogP) is 15.2. The molecule has 13 rings (SSSR count). The quantitative estimate of drug-likeness (QED) is 0.0342. The molecule has 552 valence electrons. The van der Waals surface area contributed by atoms with Crippen molar-refractivity contribution in [3.05, 3.63) is 273 Å². The Balaban J connectivity index is 0.000000187. The number of aliphatic carboxylic acids is 1. The van der Waals surface area contributed by atoms with Crippen molar-refractivity contribution in [1.29, 1.82) is 0 Å². The number of carbonyl (C=O) groups is 3. The number of rotatable bonds is 23. The molecule has 0 radical (unpaired) electrons. The summed E-state index contributed by atoms with van der Waals surface area (Å²) in [5.41, 5.74) is 34.0. The second-order valence-corrected chi connectivity index (χ2v) is 27.7. The Bertz CT molecular complexity index is 4950. The van der Waals surface area contributed by atoms with Crippen molar-refractivity contribution in [2.75, 3.05) is 13.2 Å². The van der Waals surface area contributed by atoms with Crippen molar-refractivity contribution < 1.29 is 90.1 Å². The molecule has 21 heteroatoms. The number of carboxylic acids is 1. The number of nitrogens with two attached hydrogens (primary N) is 3. The molecule has 12 aromatic rings. The minimum absolute atomic E-state index is 0. The van der Waals surface area contributed by atoms with Gasteiger partial charge in [0.05, 0.1) is 62.5 Å². The molecule has 1 aliphatic heterocycles. The van der Waals surface area contributed by atoms with E-state index in [9.17, 15) is 14.4 Å². The van der Waals surface area contributed by atoms with Crippen molar-refractivity contribution >= 4 is 79.3 Å². The van der Waals surface area contributed by atoms with E-state index < -0.39 is 24.3 Å². The van der Waals surface area contributed by atoms with Gasteiger partial charge in [-0.2, -0.15) is 0 Å². The van der Waals surface area contributed by atoms with E-state index in [-0.39, 0.29) is 73.7 Å². The Morgan fingerprint density at radius 1 is 0.486 bits per heavy atom. The first-order chi connectivity index (χ1) is 50.4. The molecule has 1 fully saturated rings. The fraction of sp³-hybridized carbons (Fsp3) is 0.267. The summed E-state index contributed by atoms with van der Waals surface area (Å²) < 4.78 is 59.3. The van der Waals surface area contributed by atoms with Crippen LogP contribution in [0.5, 0.6) is 17.2 Å². The van der Waals surface area contributed by atoms with Crippen LogP contribution in [0.2, 0.25) is 0 Å². The van der Waals surface area contributed by atoms with Crippen LogP contribution in [-0.4, -0.2) is 60.0 Å². The first-order valence-corrected chi connectivity index (χ1v) is 35.9. The molecule has 107 heavy (non-hydrogen) atoms. The van der Waals surface area contributed by atoms with Gasteiger partial charge in [0.15, 0.2) is 0 Å². The average molecular weight is 1510 g/mol. The summed E-state index contributed by atoms with van der Waals surface area (Å²) in [4.78, 5) is 35.0. The molecule has 9 aromatic carbocycles. The number of carbonyl (C=O) groups excluding carboxylic acids is 2. The van der Waals surface area contributed by atoms with Gasteiger partial charge in [0.25, 0.3) is 0 Å². The smallest absolute Gasteiger partial charge is 0.870 e. The van der Waals surface area contributed by atoms with Gasteiger partial charge >= 0.3 is 43.9 Å². The minimum Gasteiger partial charge on any atom is -0.870 e. The molecule has 3 atom stereocenters. The fourth-order valence-corrected chi connectivity index (χ4v) is 12.5. The molecule has 4 heterocycles. The molecular weight excluding hydrogens is 1410 g/mol. The molecule has 1 aliphatic rings. The molecule has 0 unspecified atom stereocenters. The largest absolute Gasteiger partial charge is 1.00 e. The zero-order valence-corrected chi connectivity index (χ0v) is 64.1. The van der Waals surface area contributed by atoms with Crippen molar-refractivity contribution in [1.82, 2.24) is 0 Å². The molecule has 0 aliphatic carbocycles. The first-order valence-electron chi connectivity index (χ1n) is 35.1. The third kappa shape index (κ3) is 21.6. The van der Waals surface area contributed by atoms with E-state index in [1.54, 1.807) is 44.8 Å². The summed E-state index contributed by atoms with van der Waals surface area (Å²) >= 11 is 3.46. The molecule has 0 spiro atoms. The van der Waals surface area contributed by atoms with Gasteiger partial charge in [-0.05, 0) is 204 Å². The number of carboxylic acid groups (broad SMARTS) is 1. The van der Waals surface area contributed by atoms with E-state index in [0.717, 1.165) is 104 Å². The molecule has 0 amide bonds. The van der Waals surface area contributed by atoms with Crippen LogP contribution in [0.3, 0.4) is 0 Å². The van der Waals surface area contributed by atoms with Gasteiger partial charge in [-0.25, -0.2) is 0 Å². The Kier molecular flexibility index (Phi) is 29.6. The molecule has 8 N–H and O–H groups in total. The van der Waals surface area contributed by atoms with Crippen LogP contribution in [0, 0.1) is 6.92 Å². The van der Waals surface area contributed by atoms with Crippen molar-refractivity contribution in [2.24, 2.45) is 17.2 Å². The maximum atomic E-state index is 11.9. The molecule has 3 aromatic heterocycles. The third-order valence-electron chi connectivity index (χ3n) is 18.3. The Hall–Kier alpha value is -9.69. The van der Waals surface area contributed by atoms with Gasteiger partial charge < -0.3 is 74.0 Å². The normalized spacial score (nSPS) is 13.4. The monoisotopic (exact) mass is 1500 g/mol. The van der Waals surface area contributed by atoms with E-state index in [4.69, 9.17) is 68.6 Å². The molecule has 0 saturated carbocycles. The zero-order chi connectivity index (χ0) is 75.0. The number of furan rings is 3. The number of ether oxygens (including phenoxy) is 5. The van der Waals surface area contributed by atoms with E-state index >= 15 is 0 Å². The SMILES string of the molecule is CCOC(=O)Cc1ccccc1OCc1cc(-c2cccc([C@H](C)N)c2)c2occc2c1.CCOC(=O)Cc1ccccc1OCc1cc(B2OC(C)(C)C(C)(C)O2)c2occc2c1.C[C@H](N)c1cccc(-c2cc(COc3ccccc3CC(=O)O)cc3ccoc23)c1.Cc1c(Br)cccc1[C@H](C)N.[Li+].[OH-]. The van der Waals surface area contributed by atoms with Gasteiger partial charge in [0.2, 0.25) is 0 Å². The van der Waals surface area contributed by atoms with Crippen molar-refractivity contribution in [2.45, 2.75) is 138 Å². The Labute approximate surface area is 645 Å². The van der Waals surface area contributed by atoms with E-state index in [0.29, 0.717) is 55.8 Å². The topological polar surface area (TPSA) is 284 Å². The standard InChI is InChI=1S/C27H27NO4.C25H29BO6.C25H23NO4.C9H12BrN.Li.H2O/c1-3-30-26(29)16-22-7-4-5-10-25(22)32-17-19-13-23-11-12-31-27(23)24(14-19)21-9-6-8-20(15-21)18(2)28;1-6-28-22(27)15-18-9-7-8-10-21(18)30-16-17-13-19-11-12-29-23(19)20(14-17)26-31-24(2,3)25(4,5)32-26;1-16(26)18-6-4-7-19(13-18)22-12-17(11-21-9-10-29-25(21)22)15-30-23-8-3-2-5-20(23)14-24(27)28;1-6-8(7(2)11)4-3-5-9(6)10;;/h4-15,18H,3,16-17,28H2,1-2H3;7-14H,6,15-16H2,1-5H3;2-13,16H,14-15,26H2,1H3,(H,27,28);3-5,7H,11H2,1-2H3;;1H2/q;;;;+1;/p-1/t18-;;16-;7-;;/m0.00../s1. The number of halogens is 1. The number of para-hydroxylation sites is 3. The van der Waals surface area contributed by atoms with Gasteiger partial charge in [-0.15, -0.1) is 0 Å². The van der Waals surface area contributed by atoms with Crippen molar-refractivity contribution in [3.63, 3.8) is 0 Å². The third-order valence-corrected chi connectivity index (χ3v) is 19.2. The van der Waals surface area contributed by atoms with Crippen LogP contribution in [0.1, 0.15) is 136 Å². The predicted molar refractivity (Wildman–Crippen MR) is 418 cm³/mol. The number of fused-ring (bicyclic) bond motifs is 3. The van der Waals surface area contributed by atoms with Crippen LogP contribution < -0.4 is 55.7 Å². The van der Waals surface area contributed by atoms with Crippen LogP contribution >= 0.6 is 15.9 Å². The number of esters is 2. The second-order valence-electron chi connectivity index (χ2n) is 26.9. The fourth-order valence-electron chi connectivity index (χ4n) is 12.1. The van der Waals surface area contributed by atoms with E-state index in [2.05, 4.69) is 59.3 Å². The Morgan fingerprint density at radius 2 is 0.869 bits per heavy atom. The van der Waals surface area contributed by atoms with Gasteiger partial charge in [0.1, 0.15) is 53.8 Å². The maximum Gasteiger partial charge on any atom is 1.00 e. The second kappa shape index (κ2) is 38.2. The summed E-state index contributed by atoms with van der Waals surface area (Å²) in [6, 6.07) is 62.7. The Morgan fingerprint density at radius 3 is 1.26 bits per heavy atom. The van der Waals surface area contributed by atoms with Gasteiger partial charge in [0, 0.05) is 72.0 Å². The number of hydrogen-bond donors (Lipinski definition) is 4.